The van der Waals surface area contributed by atoms with Gasteiger partial charge in [-0.05, 0) is 37.1 Å². The fourth-order valence-electron chi connectivity index (χ4n) is 2.52. The van der Waals surface area contributed by atoms with E-state index in [2.05, 4.69) is 5.32 Å². The molecule has 0 aliphatic carbocycles. The molecule has 1 aromatic rings. The van der Waals surface area contributed by atoms with Crippen molar-refractivity contribution in [2.75, 3.05) is 33.9 Å². The fraction of sp³-hybridized carbons (Fsp3) is 0.571. The molecule has 1 aromatic carbocycles. The SMILES string of the molecule is CNCc1ccc(S(=O)(=O)N2CCC(COC)C2)cc1. The summed E-state index contributed by atoms with van der Waals surface area (Å²) in [5, 5.41) is 3.04. The van der Waals surface area contributed by atoms with Gasteiger partial charge < -0.3 is 10.1 Å². The Morgan fingerprint density at radius 2 is 2.05 bits per heavy atom. The second kappa shape index (κ2) is 6.67. The van der Waals surface area contributed by atoms with Crippen LogP contribution >= 0.6 is 0 Å². The summed E-state index contributed by atoms with van der Waals surface area (Å²) >= 11 is 0. The Kier molecular flexibility index (Phi) is 5.15. The van der Waals surface area contributed by atoms with Crippen molar-refractivity contribution in [2.45, 2.75) is 17.9 Å². The van der Waals surface area contributed by atoms with E-state index in [4.69, 9.17) is 4.74 Å². The van der Waals surface area contributed by atoms with Gasteiger partial charge in [0.05, 0.1) is 11.5 Å². The van der Waals surface area contributed by atoms with E-state index >= 15 is 0 Å². The monoisotopic (exact) mass is 298 g/mol. The predicted octanol–water partition coefficient (Wildman–Crippen LogP) is 1.06. The van der Waals surface area contributed by atoms with Crippen LogP contribution in [0.4, 0.5) is 0 Å². The van der Waals surface area contributed by atoms with Gasteiger partial charge in [0.25, 0.3) is 0 Å². The molecule has 0 amide bonds. The lowest BCUT2D eigenvalue weighted by atomic mass is 10.1. The van der Waals surface area contributed by atoms with Crippen LogP contribution in [0.1, 0.15) is 12.0 Å². The van der Waals surface area contributed by atoms with Crippen LogP contribution < -0.4 is 5.32 Å². The number of ether oxygens (including phenoxy) is 1. The summed E-state index contributed by atoms with van der Waals surface area (Å²) < 4.78 is 31.7. The van der Waals surface area contributed by atoms with E-state index in [0.29, 0.717) is 30.5 Å². The third kappa shape index (κ3) is 3.38. The maximum atomic E-state index is 12.5. The quantitative estimate of drug-likeness (QED) is 0.853. The van der Waals surface area contributed by atoms with Crippen LogP contribution in [0.25, 0.3) is 0 Å². The number of methoxy groups -OCH3 is 1. The van der Waals surface area contributed by atoms with Gasteiger partial charge in [0.1, 0.15) is 0 Å². The Morgan fingerprint density at radius 3 is 2.65 bits per heavy atom. The largest absolute Gasteiger partial charge is 0.384 e. The van der Waals surface area contributed by atoms with E-state index in [-0.39, 0.29) is 0 Å². The molecule has 1 atom stereocenters. The molecule has 6 heteroatoms. The van der Waals surface area contributed by atoms with Gasteiger partial charge in [-0.25, -0.2) is 8.42 Å². The van der Waals surface area contributed by atoms with E-state index in [1.165, 1.54) is 0 Å². The maximum absolute atomic E-state index is 12.5. The van der Waals surface area contributed by atoms with Gasteiger partial charge in [-0.15, -0.1) is 0 Å². The van der Waals surface area contributed by atoms with E-state index in [1.54, 1.807) is 23.5 Å². The van der Waals surface area contributed by atoms with Crippen LogP contribution in [0, 0.1) is 5.92 Å². The van der Waals surface area contributed by atoms with Crippen molar-refractivity contribution in [3.8, 4) is 0 Å². The Morgan fingerprint density at radius 1 is 1.35 bits per heavy atom. The number of nitrogens with one attached hydrogen (secondary N) is 1. The van der Waals surface area contributed by atoms with Gasteiger partial charge in [-0.1, -0.05) is 12.1 Å². The smallest absolute Gasteiger partial charge is 0.243 e. The van der Waals surface area contributed by atoms with Gasteiger partial charge in [0.2, 0.25) is 10.0 Å². The molecule has 1 fully saturated rings. The van der Waals surface area contributed by atoms with Gasteiger partial charge in [0.15, 0.2) is 0 Å². The number of sulfonamides is 1. The summed E-state index contributed by atoms with van der Waals surface area (Å²) in [6.07, 6.45) is 0.866. The summed E-state index contributed by atoms with van der Waals surface area (Å²) in [6, 6.07) is 7.08. The van der Waals surface area contributed by atoms with Gasteiger partial charge in [-0.2, -0.15) is 4.31 Å². The first-order valence-corrected chi connectivity index (χ1v) is 8.24. The molecule has 0 radical (unpaired) electrons. The van der Waals surface area contributed by atoms with Crippen molar-refractivity contribution in [3.05, 3.63) is 29.8 Å². The third-order valence-electron chi connectivity index (χ3n) is 3.59. The second-order valence-corrected chi connectivity index (χ2v) is 7.09. The minimum Gasteiger partial charge on any atom is -0.384 e. The molecule has 5 nitrogen and oxygen atoms in total. The van der Waals surface area contributed by atoms with Crippen LogP contribution in [0.2, 0.25) is 0 Å². The third-order valence-corrected chi connectivity index (χ3v) is 5.47. The minimum absolute atomic E-state index is 0.304. The highest BCUT2D eigenvalue weighted by Crippen LogP contribution is 2.24. The highest BCUT2D eigenvalue weighted by molar-refractivity contribution is 7.89. The maximum Gasteiger partial charge on any atom is 0.243 e. The molecule has 1 heterocycles. The summed E-state index contributed by atoms with van der Waals surface area (Å²) in [7, 11) is 0.152. The second-order valence-electron chi connectivity index (χ2n) is 5.15. The fourth-order valence-corrected chi connectivity index (χ4v) is 4.05. The van der Waals surface area contributed by atoms with Crippen molar-refractivity contribution in [3.63, 3.8) is 0 Å². The van der Waals surface area contributed by atoms with Crippen molar-refractivity contribution >= 4 is 10.0 Å². The van der Waals surface area contributed by atoms with Gasteiger partial charge in [0, 0.05) is 26.7 Å². The number of hydrogen-bond acceptors (Lipinski definition) is 4. The summed E-state index contributed by atoms with van der Waals surface area (Å²) in [5.41, 5.74) is 1.07. The standard InChI is InChI=1S/C14H22N2O3S/c1-15-9-12-3-5-14(6-4-12)20(17,18)16-8-7-13(10-16)11-19-2/h3-6,13,15H,7-11H2,1-2H3. The average Bonchev–Trinajstić information content (AvgIpc) is 2.90. The van der Waals surface area contributed by atoms with Gasteiger partial charge in [-0.3, -0.25) is 0 Å². The molecule has 1 aliphatic rings. The van der Waals surface area contributed by atoms with Crippen molar-refractivity contribution in [1.82, 2.24) is 9.62 Å². The van der Waals surface area contributed by atoms with Crippen LogP contribution in [0.5, 0.6) is 0 Å². The predicted molar refractivity (Wildman–Crippen MR) is 77.9 cm³/mol. The first-order valence-electron chi connectivity index (χ1n) is 6.80. The molecule has 1 saturated heterocycles. The van der Waals surface area contributed by atoms with E-state index in [0.717, 1.165) is 18.5 Å². The van der Waals surface area contributed by atoms with Crippen LogP contribution in [-0.2, 0) is 21.3 Å². The first-order chi connectivity index (χ1) is 9.57. The summed E-state index contributed by atoms with van der Waals surface area (Å²) in [4.78, 5) is 0.371. The summed E-state index contributed by atoms with van der Waals surface area (Å²) in [6.45, 7) is 2.48. The zero-order valence-electron chi connectivity index (χ0n) is 12.0. The lowest BCUT2D eigenvalue weighted by molar-refractivity contribution is 0.157. The molecule has 0 bridgehead atoms. The molecule has 20 heavy (non-hydrogen) atoms. The molecule has 0 spiro atoms. The average molecular weight is 298 g/mol. The van der Waals surface area contributed by atoms with E-state index in [1.807, 2.05) is 19.2 Å². The molecule has 0 saturated carbocycles. The molecular weight excluding hydrogens is 276 g/mol. The summed E-state index contributed by atoms with van der Waals surface area (Å²) in [5.74, 6) is 0.304. The first kappa shape index (κ1) is 15.4. The number of hydrogen-bond donors (Lipinski definition) is 1. The highest BCUT2D eigenvalue weighted by atomic mass is 32.2. The molecular formula is C14H22N2O3S. The molecule has 0 aromatic heterocycles. The molecule has 112 valence electrons. The zero-order valence-corrected chi connectivity index (χ0v) is 12.8. The molecule has 1 N–H and O–H groups in total. The minimum atomic E-state index is -3.36. The van der Waals surface area contributed by atoms with Gasteiger partial charge >= 0.3 is 0 Å². The van der Waals surface area contributed by atoms with Crippen LogP contribution in [-0.4, -0.2) is 46.6 Å². The van der Waals surface area contributed by atoms with Crippen LogP contribution in [0.15, 0.2) is 29.2 Å². The lowest BCUT2D eigenvalue weighted by Gasteiger charge is -2.16. The molecule has 1 unspecified atom stereocenters. The van der Waals surface area contributed by atoms with Crippen LogP contribution in [0.3, 0.4) is 0 Å². The van der Waals surface area contributed by atoms with Crippen molar-refractivity contribution in [1.29, 1.82) is 0 Å². The van der Waals surface area contributed by atoms with Crippen molar-refractivity contribution in [2.24, 2.45) is 5.92 Å². The highest BCUT2D eigenvalue weighted by Gasteiger charge is 2.32. The number of benzene rings is 1. The molecule has 1 aliphatic heterocycles. The molecule has 2 rings (SSSR count). The van der Waals surface area contributed by atoms with E-state index in [9.17, 15) is 8.42 Å². The number of nitrogens with zero attached hydrogens (tertiary/aromatic N) is 1. The Labute approximate surface area is 121 Å². The Balaban J connectivity index is 2.10. The topological polar surface area (TPSA) is 58.6 Å². The zero-order chi connectivity index (χ0) is 14.6. The van der Waals surface area contributed by atoms with Crippen molar-refractivity contribution < 1.29 is 13.2 Å². The Hall–Kier alpha value is -0.950. The van der Waals surface area contributed by atoms with E-state index < -0.39 is 10.0 Å². The lowest BCUT2D eigenvalue weighted by Crippen LogP contribution is -2.29. The Bertz CT molecular complexity index is 528. The normalized spacial score (nSPS) is 20.4. The number of rotatable bonds is 6.